The van der Waals surface area contributed by atoms with Gasteiger partial charge in [-0.25, -0.2) is 0 Å². The van der Waals surface area contributed by atoms with Crippen LogP contribution in [0, 0.1) is 6.92 Å². The van der Waals surface area contributed by atoms with Gasteiger partial charge in [0.15, 0.2) is 0 Å². The van der Waals surface area contributed by atoms with Crippen molar-refractivity contribution in [3.05, 3.63) is 106 Å². The van der Waals surface area contributed by atoms with Crippen molar-refractivity contribution in [1.29, 1.82) is 0 Å². The molecule has 0 saturated heterocycles. The topological polar surface area (TPSA) is 107 Å². The Balaban J connectivity index is 1.53. The Hall–Kier alpha value is -3.52. The first-order valence-electron chi connectivity index (χ1n) is 16.9. The number of carbonyl (C=O) groups is 2. The predicted molar refractivity (Wildman–Crippen MR) is 185 cm³/mol. The second-order valence-corrected chi connectivity index (χ2v) is 13.4. The molecule has 4 N–H and O–H groups in total. The van der Waals surface area contributed by atoms with Crippen LogP contribution in [-0.2, 0) is 18.4 Å². The zero-order valence-corrected chi connectivity index (χ0v) is 28.2. The normalized spacial score (nSPS) is 15.0. The third-order valence-electron chi connectivity index (χ3n) is 10.0. The largest absolute Gasteiger partial charge is 0.395 e. The SMILES string of the molecule is CCC1(N(CCN)C(=O)c2ccccc2CCC(O)Cc2ccc(C)cc2C(=O)N(CCO)C(C)(C)c2ccccc2)CCCC1. The molecular formula is C39H53N3O4. The highest BCUT2D eigenvalue weighted by atomic mass is 16.3. The van der Waals surface area contributed by atoms with Crippen molar-refractivity contribution in [1.82, 2.24) is 9.80 Å². The summed E-state index contributed by atoms with van der Waals surface area (Å²) < 4.78 is 0. The molecule has 3 aromatic carbocycles. The molecule has 0 bridgehead atoms. The highest BCUT2D eigenvalue weighted by Crippen LogP contribution is 2.39. The molecule has 0 spiro atoms. The van der Waals surface area contributed by atoms with Crippen LogP contribution in [0.25, 0.3) is 0 Å². The van der Waals surface area contributed by atoms with Gasteiger partial charge in [-0.15, -0.1) is 0 Å². The highest BCUT2D eigenvalue weighted by Gasteiger charge is 2.41. The number of amides is 2. The zero-order valence-electron chi connectivity index (χ0n) is 28.2. The number of nitrogens with zero attached hydrogens (tertiary/aromatic N) is 2. The molecule has 1 aliphatic carbocycles. The molecule has 0 aliphatic heterocycles. The molecule has 1 fully saturated rings. The van der Waals surface area contributed by atoms with Crippen molar-refractivity contribution in [2.24, 2.45) is 5.73 Å². The molecule has 0 radical (unpaired) electrons. The van der Waals surface area contributed by atoms with Crippen LogP contribution in [0.4, 0.5) is 0 Å². The van der Waals surface area contributed by atoms with E-state index in [4.69, 9.17) is 5.73 Å². The van der Waals surface area contributed by atoms with E-state index in [2.05, 4.69) is 6.92 Å². The Morgan fingerprint density at radius 1 is 0.913 bits per heavy atom. The minimum Gasteiger partial charge on any atom is -0.395 e. The summed E-state index contributed by atoms with van der Waals surface area (Å²) in [6, 6.07) is 23.3. The first-order valence-corrected chi connectivity index (χ1v) is 16.9. The molecule has 1 aliphatic rings. The van der Waals surface area contributed by atoms with Crippen LogP contribution in [0.1, 0.15) is 102 Å². The lowest BCUT2D eigenvalue weighted by molar-refractivity contribution is 0.0468. The molecule has 2 amide bonds. The average Bonchev–Trinajstić information content (AvgIpc) is 3.56. The van der Waals surface area contributed by atoms with Gasteiger partial charge in [-0.1, -0.05) is 86.0 Å². The van der Waals surface area contributed by atoms with E-state index in [0.717, 1.165) is 54.4 Å². The van der Waals surface area contributed by atoms with E-state index in [1.54, 1.807) is 4.90 Å². The quantitative estimate of drug-likeness (QED) is 0.191. The fourth-order valence-electron chi connectivity index (χ4n) is 7.25. The number of carbonyl (C=O) groups excluding carboxylic acids is 2. The Bertz CT molecular complexity index is 1450. The second kappa shape index (κ2) is 15.9. The molecule has 0 heterocycles. The lowest BCUT2D eigenvalue weighted by Crippen LogP contribution is -2.51. The summed E-state index contributed by atoms with van der Waals surface area (Å²) in [5.74, 6) is -0.155. The molecule has 46 heavy (non-hydrogen) atoms. The van der Waals surface area contributed by atoms with E-state index in [-0.39, 0.29) is 30.5 Å². The molecule has 1 unspecified atom stereocenters. The lowest BCUT2D eigenvalue weighted by atomic mass is 9.89. The molecule has 7 heteroatoms. The lowest BCUT2D eigenvalue weighted by Gasteiger charge is -2.41. The fraction of sp³-hybridized carbons (Fsp3) is 0.487. The van der Waals surface area contributed by atoms with E-state index >= 15 is 0 Å². The van der Waals surface area contributed by atoms with Gasteiger partial charge in [0.2, 0.25) is 0 Å². The van der Waals surface area contributed by atoms with Crippen molar-refractivity contribution in [2.75, 3.05) is 26.2 Å². The third kappa shape index (κ3) is 7.88. The van der Waals surface area contributed by atoms with Gasteiger partial charge in [-0.2, -0.15) is 0 Å². The number of hydrogen-bond donors (Lipinski definition) is 3. The van der Waals surface area contributed by atoms with Gasteiger partial charge >= 0.3 is 0 Å². The minimum absolute atomic E-state index is 0.0238. The smallest absolute Gasteiger partial charge is 0.254 e. The number of hydrogen-bond acceptors (Lipinski definition) is 5. The second-order valence-electron chi connectivity index (χ2n) is 13.4. The van der Waals surface area contributed by atoms with Gasteiger partial charge in [0.1, 0.15) is 0 Å². The van der Waals surface area contributed by atoms with E-state index in [1.807, 2.05) is 98.5 Å². The van der Waals surface area contributed by atoms with Crippen LogP contribution in [0.2, 0.25) is 0 Å². The van der Waals surface area contributed by atoms with Crippen molar-refractivity contribution in [3.8, 4) is 0 Å². The average molecular weight is 628 g/mol. The predicted octanol–water partition coefficient (Wildman–Crippen LogP) is 6.02. The maximum absolute atomic E-state index is 14.2. The van der Waals surface area contributed by atoms with Gasteiger partial charge in [0, 0.05) is 36.3 Å². The highest BCUT2D eigenvalue weighted by molar-refractivity contribution is 5.97. The Morgan fingerprint density at radius 3 is 2.24 bits per heavy atom. The first kappa shape index (κ1) is 35.3. The summed E-state index contributed by atoms with van der Waals surface area (Å²) in [7, 11) is 0. The zero-order chi connectivity index (χ0) is 33.3. The maximum atomic E-state index is 14.2. The van der Waals surface area contributed by atoms with Gasteiger partial charge in [0.05, 0.1) is 18.2 Å². The Labute approximate surface area is 275 Å². The summed E-state index contributed by atoms with van der Waals surface area (Å²) >= 11 is 0. The van der Waals surface area contributed by atoms with Crippen molar-refractivity contribution >= 4 is 11.8 Å². The summed E-state index contributed by atoms with van der Waals surface area (Å²) in [6.45, 7) is 9.07. The Kier molecular flexibility index (Phi) is 12.2. The fourth-order valence-corrected chi connectivity index (χ4v) is 7.25. The number of rotatable bonds is 15. The van der Waals surface area contributed by atoms with Crippen LogP contribution in [0.15, 0.2) is 72.8 Å². The van der Waals surface area contributed by atoms with E-state index in [1.165, 1.54) is 0 Å². The van der Waals surface area contributed by atoms with Gasteiger partial charge < -0.3 is 25.7 Å². The monoisotopic (exact) mass is 627 g/mol. The number of nitrogens with two attached hydrogens (primary N) is 1. The first-order chi connectivity index (χ1) is 22.1. The van der Waals surface area contributed by atoms with Crippen LogP contribution in [0.3, 0.4) is 0 Å². The van der Waals surface area contributed by atoms with Gasteiger partial charge in [-0.05, 0) is 88.1 Å². The van der Waals surface area contributed by atoms with Crippen LogP contribution >= 0.6 is 0 Å². The van der Waals surface area contributed by atoms with Gasteiger partial charge in [-0.3, -0.25) is 9.59 Å². The number of aryl methyl sites for hydroxylation is 2. The molecule has 1 atom stereocenters. The summed E-state index contributed by atoms with van der Waals surface area (Å²) in [4.78, 5) is 31.9. The van der Waals surface area contributed by atoms with Crippen LogP contribution in [-0.4, -0.2) is 69.7 Å². The maximum Gasteiger partial charge on any atom is 0.254 e. The standard InChI is InChI=1S/C39H53N3O4/c1-5-39(21-11-12-22-39)42(24-23-40)36(45)34-16-10-9-13-30(34)19-20-33(44)28-31-18-17-29(2)27-35(31)37(46)41(25-26-43)38(3,4)32-14-7-6-8-15-32/h6-10,13-18,27,33,43-44H,5,11-12,19-26,28,40H2,1-4H3. The number of aliphatic hydroxyl groups is 2. The summed E-state index contributed by atoms with van der Waals surface area (Å²) in [5.41, 5.74) is 10.0. The molecule has 0 aromatic heterocycles. The van der Waals surface area contributed by atoms with Gasteiger partial charge in [0.25, 0.3) is 11.8 Å². The molecular weight excluding hydrogens is 574 g/mol. The summed E-state index contributed by atoms with van der Waals surface area (Å²) in [5, 5.41) is 21.3. The third-order valence-corrected chi connectivity index (χ3v) is 10.0. The van der Waals surface area contributed by atoms with Crippen molar-refractivity contribution < 1.29 is 19.8 Å². The Morgan fingerprint density at radius 2 is 1.59 bits per heavy atom. The number of benzene rings is 3. The molecule has 7 nitrogen and oxygen atoms in total. The van der Waals surface area contributed by atoms with Crippen LogP contribution in [0.5, 0.6) is 0 Å². The minimum atomic E-state index is -0.720. The summed E-state index contributed by atoms with van der Waals surface area (Å²) in [6.07, 6.45) is 5.73. The molecule has 4 rings (SSSR count). The molecule has 1 saturated carbocycles. The molecule has 248 valence electrons. The number of aliphatic hydroxyl groups excluding tert-OH is 2. The van der Waals surface area contributed by atoms with Crippen molar-refractivity contribution in [3.63, 3.8) is 0 Å². The van der Waals surface area contributed by atoms with Crippen molar-refractivity contribution in [2.45, 2.75) is 96.2 Å². The van der Waals surface area contributed by atoms with E-state index < -0.39 is 11.6 Å². The molecule has 3 aromatic rings. The van der Waals surface area contributed by atoms with E-state index in [0.29, 0.717) is 43.5 Å². The van der Waals surface area contributed by atoms with Crippen LogP contribution < -0.4 is 5.73 Å². The van der Waals surface area contributed by atoms with E-state index in [9.17, 15) is 19.8 Å².